The third-order valence-corrected chi connectivity index (χ3v) is 7.95. The van der Waals surface area contributed by atoms with E-state index >= 15 is 0 Å². The lowest BCUT2D eigenvalue weighted by Crippen LogP contribution is -2.44. The minimum absolute atomic E-state index is 0.0368. The third-order valence-electron chi connectivity index (χ3n) is 6.55. The molecule has 1 fully saturated rings. The lowest BCUT2D eigenvalue weighted by atomic mass is 10.0. The molecule has 2 aromatic carbocycles. The number of fused-ring (bicyclic) bond motifs is 1. The van der Waals surface area contributed by atoms with Crippen LogP contribution < -0.4 is 14.4 Å². The number of hydrogen-bond acceptors (Lipinski definition) is 9. The minimum Gasteiger partial charge on any atom is -0.480 e. The number of nitrogens with one attached hydrogen (secondary N) is 1. The van der Waals surface area contributed by atoms with Crippen LogP contribution in [0.3, 0.4) is 0 Å². The molecule has 3 heterocycles. The number of allylic oxidation sites excluding steroid dienone is 1. The highest BCUT2D eigenvalue weighted by molar-refractivity contribution is 7.92. The van der Waals surface area contributed by atoms with E-state index in [0.717, 1.165) is 25.2 Å². The van der Waals surface area contributed by atoms with E-state index in [1.54, 1.807) is 12.1 Å². The lowest BCUT2D eigenvalue weighted by molar-refractivity contribution is 0.348. The second kappa shape index (κ2) is 11.3. The molecule has 10 nitrogen and oxygen atoms in total. The fourth-order valence-corrected chi connectivity index (χ4v) is 5.72. The number of aromatic nitrogens is 3. The Kier molecular flexibility index (Phi) is 7.67. The van der Waals surface area contributed by atoms with E-state index in [4.69, 9.17) is 4.74 Å². The molecule has 13 heteroatoms. The Morgan fingerprint density at radius 1 is 1.05 bits per heavy atom. The summed E-state index contributed by atoms with van der Waals surface area (Å²) in [5.41, 5.74) is 1.74. The van der Waals surface area contributed by atoms with Crippen LogP contribution in [0, 0.1) is 23.0 Å². The van der Waals surface area contributed by atoms with Crippen LogP contribution in [0.25, 0.3) is 22.0 Å². The van der Waals surface area contributed by atoms with E-state index in [1.807, 2.05) is 31.3 Å². The van der Waals surface area contributed by atoms with Gasteiger partial charge in [-0.05, 0) is 49.0 Å². The molecule has 4 aromatic rings. The smallest absolute Gasteiger partial charge is 0.264 e. The van der Waals surface area contributed by atoms with Crippen molar-refractivity contribution in [3.8, 4) is 23.1 Å². The summed E-state index contributed by atoms with van der Waals surface area (Å²) in [6.07, 6.45) is 5.54. The van der Waals surface area contributed by atoms with Crippen molar-refractivity contribution in [2.75, 3.05) is 42.9 Å². The molecule has 5 rings (SSSR count). The average Bonchev–Trinajstić information content (AvgIpc) is 2.96. The second-order valence-corrected chi connectivity index (χ2v) is 10.8. The number of anilines is 2. The van der Waals surface area contributed by atoms with Gasteiger partial charge in [-0.1, -0.05) is 12.1 Å². The minimum atomic E-state index is -4.44. The number of halogens is 2. The standard InChI is InChI=1S/C28H25F2N7O3S/c1-3-8-36-9-11-37(12-10-36)27-21-13-18(4-6-23(21)33-26(16-31)34-27)19-14-24(28(40-2)32-17-19)35-41(38,39)25-7-5-20(29)15-22(25)30/h3-8,13-15,17,35H,9-12H2,1-2H3. The zero-order chi connectivity index (χ0) is 29.1. The second-order valence-electron chi connectivity index (χ2n) is 9.18. The molecule has 0 radical (unpaired) electrons. The first-order chi connectivity index (χ1) is 19.7. The fraction of sp³-hybridized carbons (Fsp3) is 0.214. The predicted octanol–water partition coefficient (Wildman–Crippen LogP) is 4.31. The van der Waals surface area contributed by atoms with Crippen molar-refractivity contribution in [3.05, 3.63) is 78.4 Å². The van der Waals surface area contributed by atoms with Crippen LogP contribution >= 0.6 is 0 Å². The van der Waals surface area contributed by atoms with Gasteiger partial charge in [0.1, 0.15) is 34.1 Å². The number of methoxy groups -OCH3 is 1. The Morgan fingerprint density at radius 2 is 1.83 bits per heavy atom. The highest BCUT2D eigenvalue weighted by Gasteiger charge is 2.23. The Balaban J connectivity index is 1.54. The molecular formula is C28H25F2N7O3S. The summed E-state index contributed by atoms with van der Waals surface area (Å²) in [6, 6.07) is 11.1. The monoisotopic (exact) mass is 577 g/mol. The van der Waals surface area contributed by atoms with Gasteiger partial charge in [-0.2, -0.15) is 5.26 Å². The molecule has 1 aliphatic rings. The van der Waals surface area contributed by atoms with Crippen molar-refractivity contribution >= 4 is 32.4 Å². The van der Waals surface area contributed by atoms with Crippen molar-refractivity contribution < 1.29 is 21.9 Å². The molecule has 1 aliphatic heterocycles. The first-order valence-electron chi connectivity index (χ1n) is 12.6. The fourth-order valence-electron chi connectivity index (χ4n) is 4.62. The normalized spacial score (nSPS) is 13.9. The van der Waals surface area contributed by atoms with Gasteiger partial charge in [0, 0.05) is 49.4 Å². The van der Waals surface area contributed by atoms with Gasteiger partial charge >= 0.3 is 0 Å². The summed E-state index contributed by atoms with van der Waals surface area (Å²) in [7, 11) is -3.12. The highest BCUT2D eigenvalue weighted by Crippen LogP contribution is 2.34. The molecule has 0 atom stereocenters. The largest absolute Gasteiger partial charge is 0.480 e. The molecule has 0 saturated carbocycles. The summed E-state index contributed by atoms with van der Waals surface area (Å²) in [4.78, 5) is 16.7. The highest BCUT2D eigenvalue weighted by atomic mass is 32.2. The summed E-state index contributed by atoms with van der Waals surface area (Å²) >= 11 is 0. The average molecular weight is 578 g/mol. The molecule has 1 N–H and O–H groups in total. The molecule has 41 heavy (non-hydrogen) atoms. The molecule has 0 aliphatic carbocycles. The first-order valence-corrected chi connectivity index (χ1v) is 14.1. The number of nitriles is 1. The van der Waals surface area contributed by atoms with Gasteiger partial charge in [0.05, 0.1) is 12.6 Å². The van der Waals surface area contributed by atoms with Crippen molar-refractivity contribution in [3.63, 3.8) is 0 Å². The number of sulfonamides is 1. The maximum atomic E-state index is 14.3. The van der Waals surface area contributed by atoms with Crippen molar-refractivity contribution in [1.82, 2.24) is 19.9 Å². The van der Waals surface area contributed by atoms with Crippen molar-refractivity contribution in [2.24, 2.45) is 0 Å². The quantitative estimate of drug-likeness (QED) is 0.342. The van der Waals surface area contributed by atoms with Gasteiger partial charge in [-0.25, -0.2) is 32.2 Å². The van der Waals surface area contributed by atoms with E-state index in [0.29, 0.717) is 47.0 Å². The van der Waals surface area contributed by atoms with Gasteiger partial charge in [0.25, 0.3) is 10.0 Å². The summed E-state index contributed by atoms with van der Waals surface area (Å²) in [6.45, 7) is 4.94. The Morgan fingerprint density at radius 3 is 2.51 bits per heavy atom. The van der Waals surface area contributed by atoms with E-state index in [9.17, 15) is 22.5 Å². The zero-order valence-electron chi connectivity index (χ0n) is 22.2. The Bertz CT molecular complexity index is 1800. The first kappa shape index (κ1) is 27.7. The van der Waals surface area contributed by atoms with Crippen molar-refractivity contribution in [1.29, 1.82) is 5.26 Å². The van der Waals surface area contributed by atoms with E-state index < -0.39 is 26.6 Å². The zero-order valence-corrected chi connectivity index (χ0v) is 23.0. The summed E-state index contributed by atoms with van der Waals surface area (Å²) < 4.78 is 61.1. The molecule has 1 saturated heterocycles. The third kappa shape index (κ3) is 5.73. The number of rotatable bonds is 7. The number of benzene rings is 2. The van der Waals surface area contributed by atoms with E-state index in [-0.39, 0.29) is 17.4 Å². The van der Waals surface area contributed by atoms with Crippen molar-refractivity contribution in [2.45, 2.75) is 11.8 Å². The van der Waals surface area contributed by atoms with Crippen LogP contribution in [-0.2, 0) is 10.0 Å². The number of nitrogens with zero attached hydrogens (tertiary/aromatic N) is 6. The van der Waals surface area contributed by atoms with Gasteiger partial charge in [-0.3, -0.25) is 4.72 Å². The SMILES string of the molecule is CC=CN1CCN(c2nc(C#N)nc3ccc(-c4cnc(OC)c(NS(=O)(=O)c5ccc(F)cc5F)c4)cc23)CC1. The maximum absolute atomic E-state index is 14.3. The van der Waals surface area contributed by atoms with Gasteiger partial charge in [0.2, 0.25) is 11.7 Å². The van der Waals surface area contributed by atoms with Crippen LogP contribution in [0.5, 0.6) is 5.88 Å². The molecular weight excluding hydrogens is 552 g/mol. The van der Waals surface area contributed by atoms with Gasteiger partial charge in [0.15, 0.2) is 0 Å². The maximum Gasteiger partial charge on any atom is 0.264 e. The summed E-state index contributed by atoms with van der Waals surface area (Å²) in [5, 5.41) is 10.2. The van der Waals surface area contributed by atoms with Crippen LogP contribution in [0.2, 0.25) is 0 Å². The van der Waals surface area contributed by atoms with Crippen LogP contribution in [0.15, 0.2) is 65.8 Å². The summed E-state index contributed by atoms with van der Waals surface area (Å²) in [5.74, 6) is -1.48. The molecule has 210 valence electrons. The van der Waals surface area contributed by atoms with Crippen LogP contribution in [0.1, 0.15) is 12.7 Å². The predicted molar refractivity (Wildman–Crippen MR) is 150 cm³/mol. The van der Waals surface area contributed by atoms with Gasteiger partial charge in [-0.15, -0.1) is 0 Å². The van der Waals surface area contributed by atoms with Gasteiger partial charge < -0.3 is 14.5 Å². The molecule has 0 unspecified atom stereocenters. The lowest BCUT2D eigenvalue weighted by Gasteiger charge is -2.35. The number of pyridine rings is 1. The molecule has 0 bridgehead atoms. The molecule has 0 spiro atoms. The van der Waals surface area contributed by atoms with E-state index in [2.05, 4.69) is 29.5 Å². The topological polar surface area (TPSA) is 124 Å². The molecule has 0 amide bonds. The molecule has 2 aromatic heterocycles. The Labute approximate surface area is 235 Å². The number of ether oxygens (including phenoxy) is 1. The Hall–Kier alpha value is -4.83. The number of piperazine rings is 1. The van der Waals surface area contributed by atoms with Crippen LogP contribution in [0.4, 0.5) is 20.3 Å². The number of hydrogen-bond donors (Lipinski definition) is 1. The van der Waals surface area contributed by atoms with Crippen LogP contribution in [-0.4, -0.2) is 61.6 Å². The van der Waals surface area contributed by atoms with E-state index in [1.165, 1.54) is 19.4 Å².